The summed E-state index contributed by atoms with van der Waals surface area (Å²) in [7, 11) is 0. The fourth-order valence-electron chi connectivity index (χ4n) is 2.64. The van der Waals surface area contributed by atoms with Gasteiger partial charge < -0.3 is 5.32 Å². The lowest BCUT2D eigenvalue weighted by Gasteiger charge is -2.07. The number of fused-ring (bicyclic) bond motifs is 1. The predicted molar refractivity (Wildman–Crippen MR) is 84.5 cm³/mol. The lowest BCUT2D eigenvalue weighted by atomic mass is 10.0. The molecule has 100 valence electrons. The molecule has 0 bridgehead atoms. The van der Waals surface area contributed by atoms with Crippen molar-refractivity contribution in [2.75, 3.05) is 5.32 Å². The van der Waals surface area contributed by atoms with Gasteiger partial charge in [0.05, 0.1) is 10.4 Å². The second kappa shape index (κ2) is 5.56. The zero-order valence-corrected chi connectivity index (χ0v) is 12.7. The number of thiophene rings is 1. The van der Waals surface area contributed by atoms with Crippen molar-refractivity contribution in [3.63, 3.8) is 0 Å². The molecule has 19 heavy (non-hydrogen) atoms. The Morgan fingerprint density at radius 2 is 2.21 bits per heavy atom. The Hall–Kier alpha value is -0.990. The van der Waals surface area contributed by atoms with Gasteiger partial charge in [0.15, 0.2) is 0 Å². The van der Waals surface area contributed by atoms with E-state index in [0.29, 0.717) is 6.04 Å². The van der Waals surface area contributed by atoms with E-state index in [1.165, 1.54) is 41.0 Å². The Morgan fingerprint density at radius 3 is 2.95 bits per heavy atom. The molecule has 1 aliphatic rings. The number of benzene rings is 1. The predicted octanol–water partition coefficient (Wildman–Crippen LogP) is 5.45. The molecule has 2 heterocycles. The lowest BCUT2D eigenvalue weighted by Crippen LogP contribution is -2.02. The van der Waals surface area contributed by atoms with Crippen LogP contribution in [0.2, 0.25) is 4.34 Å². The minimum Gasteiger partial charge on any atom is -0.377 e. The first kappa shape index (κ1) is 13.0. The summed E-state index contributed by atoms with van der Waals surface area (Å²) in [5.74, 6) is 0. The fourth-order valence-corrected chi connectivity index (χ4v) is 3.75. The summed E-state index contributed by atoms with van der Waals surface area (Å²) >= 11 is 7.70. The van der Waals surface area contributed by atoms with Crippen LogP contribution in [0.15, 0.2) is 30.3 Å². The summed E-state index contributed by atoms with van der Waals surface area (Å²) in [5, 5.41) is 3.60. The molecule has 0 amide bonds. The number of anilines is 1. The molecule has 2 aromatic rings. The molecule has 1 nitrogen and oxygen atoms in total. The van der Waals surface area contributed by atoms with Crippen LogP contribution in [0.5, 0.6) is 0 Å². The van der Waals surface area contributed by atoms with Gasteiger partial charge in [-0.25, -0.2) is 0 Å². The smallest absolute Gasteiger partial charge is 0.0932 e. The van der Waals surface area contributed by atoms with Gasteiger partial charge >= 0.3 is 0 Å². The summed E-state index contributed by atoms with van der Waals surface area (Å²) in [6, 6.07) is 11.4. The van der Waals surface area contributed by atoms with Crippen molar-refractivity contribution >= 4 is 28.6 Å². The van der Waals surface area contributed by atoms with Gasteiger partial charge in [-0.2, -0.15) is 0 Å². The number of hydrogen-bond donors (Lipinski definition) is 1. The topological polar surface area (TPSA) is 12.0 Å². The molecule has 1 atom stereocenters. The molecule has 1 N–H and O–H groups in total. The maximum Gasteiger partial charge on any atom is 0.0932 e. The summed E-state index contributed by atoms with van der Waals surface area (Å²) in [6.07, 6.45) is 4.80. The number of halogens is 1. The van der Waals surface area contributed by atoms with Crippen LogP contribution in [0.3, 0.4) is 0 Å². The maximum absolute atomic E-state index is 6.02. The number of aryl methyl sites for hydroxylation is 1. The molecular formula is C16H18ClNS. The van der Waals surface area contributed by atoms with Gasteiger partial charge in [-0.3, -0.25) is 0 Å². The molecule has 1 aliphatic heterocycles. The van der Waals surface area contributed by atoms with Crippen LogP contribution in [0.4, 0.5) is 5.69 Å². The quantitative estimate of drug-likeness (QED) is 0.789. The minimum atomic E-state index is 0.397. The molecule has 0 spiro atoms. The van der Waals surface area contributed by atoms with Crippen molar-refractivity contribution in [2.24, 2.45) is 0 Å². The molecule has 0 aliphatic carbocycles. The SMILES string of the molecule is CCCCc1ccc2c(c1)CC(c1ccc(Cl)s1)N2. The van der Waals surface area contributed by atoms with Crippen molar-refractivity contribution in [3.8, 4) is 0 Å². The average Bonchev–Trinajstić information content (AvgIpc) is 3.01. The lowest BCUT2D eigenvalue weighted by molar-refractivity contribution is 0.793. The van der Waals surface area contributed by atoms with E-state index in [2.05, 4.69) is 36.5 Å². The van der Waals surface area contributed by atoms with Gasteiger partial charge in [-0.05, 0) is 48.6 Å². The van der Waals surface area contributed by atoms with Crippen LogP contribution in [-0.2, 0) is 12.8 Å². The molecule has 0 radical (unpaired) electrons. The Kier molecular flexibility index (Phi) is 3.81. The van der Waals surface area contributed by atoms with Gasteiger partial charge in [0.2, 0.25) is 0 Å². The second-order valence-electron chi connectivity index (χ2n) is 5.14. The van der Waals surface area contributed by atoms with E-state index in [9.17, 15) is 0 Å². The van der Waals surface area contributed by atoms with E-state index in [1.54, 1.807) is 11.3 Å². The van der Waals surface area contributed by atoms with Crippen LogP contribution in [0.1, 0.15) is 41.8 Å². The first-order chi connectivity index (χ1) is 9.26. The summed E-state index contributed by atoms with van der Waals surface area (Å²) in [5.41, 5.74) is 4.20. The Morgan fingerprint density at radius 1 is 1.32 bits per heavy atom. The van der Waals surface area contributed by atoms with E-state index in [0.717, 1.165) is 10.8 Å². The third kappa shape index (κ3) is 2.80. The molecular weight excluding hydrogens is 274 g/mol. The largest absolute Gasteiger partial charge is 0.377 e. The number of hydrogen-bond acceptors (Lipinski definition) is 2. The zero-order valence-electron chi connectivity index (χ0n) is 11.1. The van der Waals surface area contributed by atoms with Gasteiger partial charge in [-0.1, -0.05) is 37.1 Å². The van der Waals surface area contributed by atoms with Crippen molar-refractivity contribution in [2.45, 2.75) is 38.6 Å². The molecule has 1 aromatic heterocycles. The zero-order chi connectivity index (χ0) is 13.2. The number of rotatable bonds is 4. The minimum absolute atomic E-state index is 0.397. The van der Waals surface area contributed by atoms with Gasteiger partial charge in [0.25, 0.3) is 0 Å². The van der Waals surface area contributed by atoms with Crippen molar-refractivity contribution < 1.29 is 0 Å². The number of nitrogens with one attached hydrogen (secondary N) is 1. The Labute approximate surface area is 123 Å². The van der Waals surface area contributed by atoms with Gasteiger partial charge in [0.1, 0.15) is 0 Å². The van der Waals surface area contributed by atoms with E-state index >= 15 is 0 Å². The first-order valence-electron chi connectivity index (χ1n) is 6.90. The highest BCUT2D eigenvalue weighted by Crippen LogP contribution is 2.38. The van der Waals surface area contributed by atoms with Crippen LogP contribution < -0.4 is 5.32 Å². The third-order valence-corrected chi connectivity index (χ3v) is 5.02. The molecule has 3 heteroatoms. The number of unbranched alkanes of at least 4 members (excludes halogenated alkanes) is 1. The van der Waals surface area contributed by atoms with Crippen LogP contribution in [0.25, 0.3) is 0 Å². The molecule has 1 unspecified atom stereocenters. The van der Waals surface area contributed by atoms with E-state index < -0.39 is 0 Å². The van der Waals surface area contributed by atoms with Crippen molar-refractivity contribution in [3.05, 3.63) is 50.7 Å². The van der Waals surface area contributed by atoms with Gasteiger partial charge in [-0.15, -0.1) is 11.3 Å². The second-order valence-corrected chi connectivity index (χ2v) is 6.88. The first-order valence-corrected chi connectivity index (χ1v) is 8.09. The molecule has 0 fully saturated rings. The summed E-state index contributed by atoms with van der Waals surface area (Å²) < 4.78 is 0.872. The Bertz CT molecular complexity index is 576. The van der Waals surface area contributed by atoms with Crippen molar-refractivity contribution in [1.29, 1.82) is 0 Å². The molecule has 0 saturated carbocycles. The highest BCUT2D eigenvalue weighted by Gasteiger charge is 2.23. The van der Waals surface area contributed by atoms with Crippen molar-refractivity contribution in [1.82, 2.24) is 0 Å². The normalized spacial score (nSPS) is 17.3. The summed E-state index contributed by atoms with van der Waals surface area (Å²) in [6.45, 7) is 2.24. The molecule has 1 aromatic carbocycles. The highest BCUT2D eigenvalue weighted by atomic mass is 35.5. The van der Waals surface area contributed by atoms with Gasteiger partial charge in [0, 0.05) is 10.6 Å². The molecule has 0 saturated heterocycles. The average molecular weight is 292 g/mol. The highest BCUT2D eigenvalue weighted by molar-refractivity contribution is 7.16. The van der Waals surface area contributed by atoms with E-state index in [1.807, 2.05) is 6.07 Å². The van der Waals surface area contributed by atoms with E-state index in [4.69, 9.17) is 11.6 Å². The monoisotopic (exact) mass is 291 g/mol. The maximum atomic E-state index is 6.02. The van der Waals surface area contributed by atoms with E-state index in [-0.39, 0.29) is 0 Å². The van der Waals surface area contributed by atoms with Crippen LogP contribution in [0, 0.1) is 0 Å². The third-order valence-electron chi connectivity index (χ3n) is 3.68. The van der Waals surface area contributed by atoms with Crippen LogP contribution in [-0.4, -0.2) is 0 Å². The summed E-state index contributed by atoms with van der Waals surface area (Å²) in [4.78, 5) is 1.33. The molecule has 3 rings (SSSR count). The Balaban J connectivity index is 1.76. The standard InChI is InChI=1S/C16H18ClNS/c1-2-3-4-11-5-6-13-12(9-11)10-14(18-13)15-7-8-16(17)19-15/h5-9,14,18H,2-4,10H2,1H3. The van der Waals surface area contributed by atoms with Crippen LogP contribution >= 0.6 is 22.9 Å². The fraction of sp³-hybridized carbons (Fsp3) is 0.375.